The number of hydrogen-bond acceptors (Lipinski definition) is 3. The Morgan fingerprint density at radius 3 is 2.33 bits per heavy atom. The number of fused-ring (bicyclic) bond motifs is 1. The Kier molecular flexibility index (Phi) is 3.19. The molecule has 5 heteroatoms. The highest BCUT2D eigenvalue weighted by atomic mass is 16.7. The third-order valence-electron chi connectivity index (χ3n) is 4.72. The van der Waals surface area contributed by atoms with E-state index in [0.717, 1.165) is 11.0 Å². The molecule has 2 aromatic heterocycles. The van der Waals surface area contributed by atoms with Crippen molar-refractivity contribution in [3.63, 3.8) is 0 Å². The van der Waals surface area contributed by atoms with Gasteiger partial charge in [0.15, 0.2) is 0 Å². The van der Waals surface area contributed by atoms with E-state index in [2.05, 4.69) is 52.7 Å². The summed E-state index contributed by atoms with van der Waals surface area (Å²) in [6.45, 7) is 12.7. The fourth-order valence-electron chi connectivity index (χ4n) is 2.59. The molecule has 0 atom stereocenters. The van der Waals surface area contributed by atoms with E-state index in [0.29, 0.717) is 5.92 Å². The highest BCUT2D eigenvalue weighted by Crippen LogP contribution is 2.36. The van der Waals surface area contributed by atoms with Crippen LogP contribution in [-0.2, 0) is 9.31 Å². The van der Waals surface area contributed by atoms with Crippen LogP contribution in [0.5, 0.6) is 0 Å². The van der Waals surface area contributed by atoms with Crippen LogP contribution in [-0.4, -0.2) is 27.9 Å². The van der Waals surface area contributed by atoms with E-state index >= 15 is 0 Å². The van der Waals surface area contributed by atoms with Gasteiger partial charge in [-0.05, 0) is 51.2 Å². The first-order valence-corrected chi connectivity index (χ1v) is 7.54. The average molecular weight is 286 g/mol. The first-order valence-electron chi connectivity index (χ1n) is 7.54. The van der Waals surface area contributed by atoms with Gasteiger partial charge in [-0.2, -0.15) is 5.10 Å². The van der Waals surface area contributed by atoms with Gasteiger partial charge in [0.05, 0.1) is 22.9 Å². The molecule has 4 nitrogen and oxygen atoms in total. The number of rotatable bonds is 2. The van der Waals surface area contributed by atoms with E-state index in [1.807, 2.05) is 23.0 Å². The van der Waals surface area contributed by atoms with Crippen LogP contribution in [0.3, 0.4) is 0 Å². The molecule has 1 saturated heterocycles. The molecule has 0 saturated carbocycles. The van der Waals surface area contributed by atoms with E-state index in [9.17, 15) is 0 Å². The lowest BCUT2D eigenvalue weighted by Gasteiger charge is -2.32. The molecule has 112 valence electrons. The van der Waals surface area contributed by atoms with Gasteiger partial charge in [0.1, 0.15) is 0 Å². The first kappa shape index (κ1) is 14.6. The second kappa shape index (κ2) is 4.58. The predicted molar refractivity (Wildman–Crippen MR) is 85.0 cm³/mol. The van der Waals surface area contributed by atoms with Crippen LogP contribution in [0.2, 0.25) is 0 Å². The molecule has 0 radical (unpaired) electrons. The topological polar surface area (TPSA) is 35.8 Å². The van der Waals surface area contributed by atoms with Gasteiger partial charge >= 0.3 is 7.12 Å². The van der Waals surface area contributed by atoms with Crippen molar-refractivity contribution >= 4 is 18.1 Å². The van der Waals surface area contributed by atoms with Gasteiger partial charge in [0.25, 0.3) is 0 Å². The van der Waals surface area contributed by atoms with Crippen LogP contribution in [0.25, 0.3) is 5.52 Å². The van der Waals surface area contributed by atoms with Crippen molar-refractivity contribution in [1.29, 1.82) is 0 Å². The summed E-state index contributed by atoms with van der Waals surface area (Å²) in [4.78, 5) is 0. The maximum atomic E-state index is 6.12. The van der Waals surface area contributed by atoms with Crippen molar-refractivity contribution in [3.05, 3.63) is 30.1 Å². The predicted octanol–water partition coefficient (Wildman–Crippen LogP) is 2.76. The lowest BCUT2D eigenvalue weighted by atomic mass is 9.79. The summed E-state index contributed by atoms with van der Waals surface area (Å²) in [5.41, 5.74) is 2.78. The fraction of sp³-hybridized carbons (Fsp3) is 0.562. The summed E-state index contributed by atoms with van der Waals surface area (Å²) in [5.74, 6) is 0.441. The zero-order valence-electron chi connectivity index (χ0n) is 13.7. The molecule has 0 aliphatic carbocycles. The third-order valence-corrected chi connectivity index (χ3v) is 4.72. The Hall–Kier alpha value is -1.33. The minimum Gasteiger partial charge on any atom is -0.399 e. The Bertz CT molecular complexity index is 660. The molecule has 1 aliphatic heterocycles. The standard InChI is InChI=1S/C16H23BN2O2/c1-11(2)13-10-18-19-8-7-12(9-14(13)19)17-20-15(3,4)16(5,6)21-17/h7-11H,1-6H3. The molecule has 0 bridgehead atoms. The maximum absolute atomic E-state index is 6.12. The van der Waals surface area contributed by atoms with Crippen LogP contribution in [0.15, 0.2) is 24.5 Å². The van der Waals surface area contributed by atoms with Gasteiger partial charge in [-0.1, -0.05) is 13.8 Å². The van der Waals surface area contributed by atoms with E-state index < -0.39 is 0 Å². The van der Waals surface area contributed by atoms with Crippen molar-refractivity contribution < 1.29 is 9.31 Å². The van der Waals surface area contributed by atoms with Gasteiger partial charge in [0, 0.05) is 11.8 Å². The molecule has 3 rings (SSSR count). The second-order valence-electron chi connectivity index (χ2n) is 7.13. The maximum Gasteiger partial charge on any atom is 0.494 e. The molecule has 21 heavy (non-hydrogen) atoms. The van der Waals surface area contributed by atoms with Crippen LogP contribution in [0, 0.1) is 0 Å². The molecule has 0 spiro atoms. The van der Waals surface area contributed by atoms with E-state index in [1.54, 1.807) is 0 Å². The van der Waals surface area contributed by atoms with E-state index in [-0.39, 0.29) is 18.3 Å². The normalized spacial score (nSPS) is 20.6. The van der Waals surface area contributed by atoms with Crippen LogP contribution in [0.4, 0.5) is 0 Å². The summed E-state index contributed by atoms with van der Waals surface area (Å²) in [7, 11) is -0.324. The van der Waals surface area contributed by atoms with E-state index in [1.165, 1.54) is 5.56 Å². The summed E-state index contributed by atoms with van der Waals surface area (Å²) < 4.78 is 14.2. The van der Waals surface area contributed by atoms with Crippen molar-refractivity contribution in [2.75, 3.05) is 0 Å². The molecular weight excluding hydrogens is 263 g/mol. The largest absolute Gasteiger partial charge is 0.494 e. The Morgan fingerprint density at radius 2 is 1.76 bits per heavy atom. The Morgan fingerprint density at radius 1 is 1.14 bits per heavy atom. The highest BCUT2D eigenvalue weighted by Gasteiger charge is 2.51. The number of nitrogens with zero attached hydrogens (tertiary/aromatic N) is 2. The lowest BCUT2D eigenvalue weighted by Crippen LogP contribution is -2.41. The molecule has 0 aromatic carbocycles. The fourth-order valence-corrected chi connectivity index (χ4v) is 2.59. The monoisotopic (exact) mass is 286 g/mol. The quantitative estimate of drug-likeness (QED) is 0.796. The third kappa shape index (κ3) is 2.28. The average Bonchev–Trinajstić information content (AvgIpc) is 2.87. The molecule has 3 heterocycles. The van der Waals surface area contributed by atoms with Gasteiger partial charge in [-0.25, -0.2) is 4.52 Å². The zero-order valence-corrected chi connectivity index (χ0v) is 13.7. The molecular formula is C16H23BN2O2. The van der Waals surface area contributed by atoms with E-state index in [4.69, 9.17) is 9.31 Å². The SMILES string of the molecule is CC(C)c1cnn2ccc(B3OC(C)(C)C(C)(C)O3)cc12. The molecule has 1 aliphatic rings. The number of aromatic nitrogens is 2. The van der Waals surface area contributed by atoms with Crippen molar-refractivity contribution in [1.82, 2.24) is 9.61 Å². The lowest BCUT2D eigenvalue weighted by molar-refractivity contribution is 0.00578. The highest BCUT2D eigenvalue weighted by molar-refractivity contribution is 6.62. The van der Waals surface area contributed by atoms with Crippen molar-refractivity contribution in [2.45, 2.75) is 58.7 Å². The van der Waals surface area contributed by atoms with Crippen molar-refractivity contribution in [3.8, 4) is 0 Å². The molecule has 1 fully saturated rings. The molecule has 0 N–H and O–H groups in total. The van der Waals surface area contributed by atoms with Crippen LogP contribution in [0.1, 0.15) is 53.0 Å². The smallest absolute Gasteiger partial charge is 0.399 e. The minimum absolute atomic E-state index is 0.315. The number of hydrogen-bond donors (Lipinski definition) is 0. The van der Waals surface area contributed by atoms with Gasteiger partial charge in [-0.15, -0.1) is 0 Å². The van der Waals surface area contributed by atoms with Gasteiger partial charge < -0.3 is 9.31 Å². The van der Waals surface area contributed by atoms with Gasteiger partial charge in [-0.3, -0.25) is 0 Å². The minimum atomic E-state index is -0.324. The molecule has 0 unspecified atom stereocenters. The summed E-state index contributed by atoms with van der Waals surface area (Å²) in [6, 6.07) is 4.15. The van der Waals surface area contributed by atoms with Crippen LogP contribution >= 0.6 is 0 Å². The van der Waals surface area contributed by atoms with Crippen LogP contribution < -0.4 is 5.46 Å². The molecule has 2 aromatic rings. The second-order valence-corrected chi connectivity index (χ2v) is 7.13. The summed E-state index contributed by atoms with van der Waals surface area (Å²) >= 11 is 0. The zero-order chi connectivity index (χ0) is 15.4. The number of pyridine rings is 1. The summed E-state index contributed by atoms with van der Waals surface area (Å²) in [6.07, 6.45) is 3.91. The molecule has 0 amide bonds. The Balaban J connectivity index is 2.01. The van der Waals surface area contributed by atoms with Crippen molar-refractivity contribution in [2.24, 2.45) is 0 Å². The summed E-state index contributed by atoms with van der Waals surface area (Å²) in [5, 5.41) is 4.40. The Labute approximate surface area is 126 Å². The first-order chi connectivity index (χ1) is 9.71. The van der Waals surface area contributed by atoms with Gasteiger partial charge in [0.2, 0.25) is 0 Å².